The lowest BCUT2D eigenvalue weighted by Crippen LogP contribution is -2.09. The number of nitrogens with one attached hydrogen (secondary N) is 1. The Hall–Kier alpha value is -3.14. The van der Waals surface area contributed by atoms with Crippen molar-refractivity contribution in [3.8, 4) is 0 Å². The number of nitrogens with zero attached hydrogens (tertiary/aromatic N) is 1. The van der Waals surface area contributed by atoms with Crippen LogP contribution in [0.3, 0.4) is 0 Å². The van der Waals surface area contributed by atoms with Gasteiger partial charge in [0.05, 0.1) is 6.42 Å². The predicted octanol–water partition coefficient (Wildman–Crippen LogP) is 5.22. The van der Waals surface area contributed by atoms with E-state index in [0.717, 1.165) is 44.5 Å². The minimum Gasteiger partial charge on any atom is -0.481 e. The molecule has 3 aromatic rings. The molecule has 0 spiro atoms. The number of carboxylic acid groups (broad SMARTS) is 1. The first-order chi connectivity index (χ1) is 14.7. The SMILES string of the molecule is O=C(O)CC1Cc2ccc(CCCCNc3ccccn3)cc2Cc2ccccc21. The van der Waals surface area contributed by atoms with Crippen molar-refractivity contribution < 1.29 is 9.90 Å². The van der Waals surface area contributed by atoms with E-state index in [4.69, 9.17) is 0 Å². The largest absolute Gasteiger partial charge is 0.481 e. The number of unbranched alkanes of at least 4 members (excludes halogenated alkanes) is 1. The molecule has 0 bridgehead atoms. The quantitative estimate of drug-likeness (QED) is 0.509. The van der Waals surface area contributed by atoms with E-state index < -0.39 is 5.97 Å². The van der Waals surface area contributed by atoms with Gasteiger partial charge >= 0.3 is 5.97 Å². The van der Waals surface area contributed by atoms with Gasteiger partial charge in [-0.1, -0.05) is 48.5 Å². The highest BCUT2D eigenvalue weighted by Crippen LogP contribution is 2.34. The van der Waals surface area contributed by atoms with Crippen molar-refractivity contribution >= 4 is 11.8 Å². The molecular formula is C26H28N2O2. The molecule has 0 aliphatic heterocycles. The molecule has 1 aliphatic rings. The van der Waals surface area contributed by atoms with Gasteiger partial charge in [0.15, 0.2) is 0 Å². The minimum absolute atomic E-state index is 0.0449. The van der Waals surface area contributed by atoms with E-state index in [1.165, 1.54) is 27.8 Å². The number of pyridine rings is 1. The third-order valence-corrected chi connectivity index (χ3v) is 5.90. The van der Waals surface area contributed by atoms with Gasteiger partial charge in [0.25, 0.3) is 0 Å². The van der Waals surface area contributed by atoms with Crippen LogP contribution < -0.4 is 5.32 Å². The van der Waals surface area contributed by atoms with Gasteiger partial charge in [0, 0.05) is 12.7 Å². The molecule has 0 saturated heterocycles. The summed E-state index contributed by atoms with van der Waals surface area (Å²) >= 11 is 0. The van der Waals surface area contributed by atoms with Gasteiger partial charge < -0.3 is 10.4 Å². The summed E-state index contributed by atoms with van der Waals surface area (Å²) in [4.78, 5) is 15.7. The van der Waals surface area contributed by atoms with E-state index in [0.29, 0.717) is 0 Å². The van der Waals surface area contributed by atoms with Gasteiger partial charge in [0.1, 0.15) is 5.82 Å². The number of anilines is 1. The maximum atomic E-state index is 11.4. The average molecular weight is 401 g/mol. The zero-order chi connectivity index (χ0) is 20.8. The molecule has 2 aromatic carbocycles. The zero-order valence-corrected chi connectivity index (χ0v) is 17.2. The zero-order valence-electron chi connectivity index (χ0n) is 17.2. The number of hydrogen-bond acceptors (Lipinski definition) is 3. The highest BCUT2D eigenvalue weighted by atomic mass is 16.4. The number of benzene rings is 2. The van der Waals surface area contributed by atoms with Crippen molar-refractivity contribution in [3.05, 3.63) is 94.7 Å². The molecule has 0 fully saturated rings. The lowest BCUT2D eigenvalue weighted by molar-refractivity contribution is -0.137. The number of rotatable bonds is 8. The van der Waals surface area contributed by atoms with Crippen LogP contribution in [0.1, 0.15) is 53.0 Å². The first-order valence-corrected chi connectivity index (χ1v) is 10.7. The Morgan fingerprint density at radius 1 is 1.00 bits per heavy atom. The number of carboxylic acids is 1. The molecule has 1 unspecified atom stereocenters. The van der Waals surface area contributed by atoms with Crippen LogP contribution in [0.15, 0.2) is 66.9 Å². The molecule has 4 rings (SSSR count). The summed E-state index contributed by atoms with van der Waals surface area (Å²) in [5.74, 6) is 0.245. The number of fused-ring (bicyclic) bond motifs is 2. The average Bonchev–Trinajstić information content (AvgIpc) is 2.90. The maximum absolute atomic E-state index is 11.4. The maximum Gasteiger partial charge on any atom is 0.303 e. The van der Waals surface area contributed by atoms with Crippen molar-refractivity contribution in [2.45, 2.75) is 44.4 Å². The molecule has 0 amide bonds. The van der Waals surface area contributed by atoms with Gasteiger partial charge in [-0.3, -0.25) is 4.79 Å². The molecular weight excluding hydrogens is 372 g/mol. The summed E-state index contributed by atoms with van der Waals surface area (Å²) in [6, 6.07) is 21.0. The van der Waals surface area contributed by atoms with Gasteiger partial charge in [-0.2, -0.15) is 0 Å². The second-order valence-electron chi connectivity index (χ2n) is 8.08. The summed E-state index contributed by atoms with van der Waals surface area (Å²) in [5.41, 5.74) is 6.45. The number of aromatic nitrogens is 1. The molecule has 1 aliphatic carbocycles. The number of aliphatic carboxylic acids is 1. The molecule has 2 N–H and O–H groups in total. The van der Waals surface area contributed by atoms with E-state index >= 15 is 0 Å². The number of hydrogen-bond donors (Lipinski definition) is 2. The normalized spacial score (nSPS) is 15.0. The standard InChI is InChI=1S/C26H28N2O2/c29-26(30)18-23-16-20-12-11-19(7-3-5-13-27-25-10-4-6-14-28-25)15-22(20)17-21-8-1-2-9-24(21)23/h1-2,4,6,8-12,14-15,23H,3,5,7,13,16-18H2,(H,27,28)(H,29,30). The Labute approximate surface area is 178 Å². The number of aryl methyl sites for hydroxylation is 1. The third-order valence-electron chi connectivity index (χ3n) is 5.90. The first kappa shape index (κ1) is 20.1. The van der Waals surface area contributed by atoms with E-state index in [-0.39, 0.29) is 12.3 Å². The van der Waals surface area contributed by atoms with Crippen LogP contribution in [-0.2, 0) is 24.1 Å². The lowest BCUT2D eigenvalue weighted by atomic mass is 9.89. The summed E-state index contributed by atoms with van der Waals surface area (Å²) < 4.78 is 0. The van der Waals surface area contributed by atoms with E-state index in [1.54, 1.807) is 6.20 Å². The Balaban J connectivity index is 1.40. The van der Waals surface area contributed by atoms with Gasteiger partial charge in [-0.15, -0.1) is 0 Å². The van der Waals surface area contributed by atoms with Crippen molar-refractivity contribution in [2.24, 2.45) is 0 Å². The molecule has 1 heterocycles. The topological polar surface area (TPSA) is 62.2 Å². The summed E-state index contributed by atoms with van der Waals surface area (Å²) in [7, 11) is 0. The summed E-state index contributed by atoms with van der Waals surface area (Å²) in [5, 5.41) is 12.7. The van der Waals surface area contributed by atoms with Crippen molar-refractivity contribution in [3.63, 3.8) is 0 Å². The summed E-state index contributed by atoms with van der Waals surface area (Å²) in [6.45, 7) is 0.923. The fourth-order valence-corrected chi connectivity index (χ4v) is 4.40. The van der Waals surface area contributed by atoms with Crippen LogP contribution >= 0.6 is 0 Å². The molecule has 154 valence electrons. The second-order valence-corrected chi connectivity index (χ2v) is 8.08. The van der Waals surface area contributed by atoms with Crippen LogP contribution in [-0.4, -0.2) is 22.6 Å². The highest BCUT2D eigenvalue weighted by Gasteiger charge is 2.24. The third kappa shape index (κ3) is 5.07. The molecule has 0 radical (unpaired) electrons. The van der Waals surface area contributed by atoms with Gasteiger partial charge in [-0.05, 0) is 78.0 Å². The lowest BCUT2D eigenvalue weighted by Gasteiger charge is -2.16. The van der Waals surface area contributed by atoms with Crippen LogP contribution in [0, 0.1) is 0 Å². The van der Waals surface area contributed by atoms with Crippen LogP contribution in [0.5, 0.6) is 0 Å². The Bertz CT molecular complexity index is 1000. The smallest absolute Gasteiger partial charge is 0.303 e. The van der Waals surface area contributed by atoms with E-state index in [9.17, 15) is 9.90 Å². The fraction of sp³-hybridized carbons (Fsp3) is 0.308. The van der Waals surface area contributed by atoms with E-state index in [2.05, 4.69) is 46.7 Å². The first-order valence-electron chi connectivity index (χ1n) is 10.7. The van der Waals surface area contributed by atoms with Gasteiger partial charge in [0.2, 0.25) is 0 Å². The molecule has 4 nitrogen and oxygen atoms in total. The Morgan fingerprint density at radius 3 is 2.70 bits per heavy atom. The molecule has 4 heteroatoms. The van der Waals surface area contributed by atoms with Crippen LogP contribution in [0.2, 0.25) is 0 Å². The number of carbonyl (C=O) groups is 1. The molecule has 1 atom stereocenters. The fourth-order valence-electron chi connectivity index (χ4n) is 4.40. The Kier molecular flexibility index (Phi) is 6.43. The monoisotopic (exact) mass is 400 g/mol. The van der Waals surface area contributed by atoms with Crippen molar-refractivity contribution in [1.82, 2.24) is 4.98 Å². The molecule has 30 heavy (non-hydrogen) atoms. The predicted molar refractivity (Wildman–Crippen MR) is 120 cm³/mol. The minimum atomic E-state index is -0.728. The highest BCUT2D eigenvalue weighted by molar-refractivity contribution is 5.68. The van der Waals surface area contributed by atoms with Crippen molar-refractivity contribution in [2.75, 3.05) is 11.9 Å². The molecule has 1 aromatic heterocycles. The van der Waals surface area contributed by atoms with Crippen LogP contribution in [0.25, 0.3) is 0 Å². The van der Waals surface area contributed by atoms with Crippen LogP contribution in [0.4, 0.5) is 5.82 Å². The second kappa shape index (κ2) is 9.57. The summed E-state index contributed by atoms with van der Waals surface area (Å²) in [6.07, 6.45) is 6.94. The van der Waals surface area contributed by atoms with Crippen molar-refractivity contribution in [1.29, 1.82) is 0 Å². The molecule has 0 saturated carbocycles. The van der Waals surface area contributed by atoms with Gasteiger partial charge in [-0.25, -0.2) is 4.98 Å². The Morgan fingerprint density at radius 2 is 1.87 bits per heavy atom. The van der Waals surface area contributed by atoms with E-state index in [1.807, 2.05) is 24.3 Å².